The van der Waals surface area contributed by atoms with Gasteiger partial charge in [0.1, 0.15) is 6.61 Å². The minimum Gasteiger partial charge on any atom is -0.383 e. The molecule has 0 aliphatic carbocycles. The van der Waals surface area contributed by atoms with Crippen molar-refractivity contribution >= 4 is 17.5 Å². The predicted molar refractivity (Wildman–Crippen MR) is 94.3 cm³/mol. The number of anilines is 1. The summed E-state index contributed by atoms with van der Waals surface area (Å²) in [6.07, 6.45) is 0. The number of fused-ring (bicyclic) bond motifs is 1. The van der Waals surface area contributed by atoms with Crippen LogP contribution >= 0.6 is 0 Å². The lowest BCUT2D eigenvalue weighted by molar-refractivity contribution is -0.123. The smallest absolute Gasteiger partial charge is 0.253 e. The first kappa shape index (κ1) is 17.1. The molecule has 130 valence electrons. The second-order valence-electron chi connectivity index (χ2n) is 5.82. The van der Waals surface area contributed by atoms with Crippen LogP contribution in [0.1, 0.15) is 15.9 Å². The minimum absolute atomic E-state index is 0.0465. The number of hydrogen-bond acceptors (Lipinski definition) is 4. The Bertz CT molecular complexity index is 804. The predicted octanol–water partition coefficient (Wildman–Crippen LogP) is 1.96. The van der Waals surface area contributed by atoms with Crippen molar-refractivity contribution in [3.63, 3.8) is 0 Å². The molecule has 0 radical (unpaired) electrons. The van der Waals surface area contributed by atoms with Gasteiger partial charge in [-0.2, -0.15) is 0 Å². The van der Waals surface area contributed by atoms with E-state index >= 15 is 0 Å². The molecule has 1 aliphatic rings. The zero-order chi connectivity index (χ0) is 17.8. The van der Waals surface area contributed by atoms with Crippen LogP contribution in [-0.4, -0.2) is 38.7 Å². The van der Waals surface area contributed by atoms with Crippen LogP contribution in [0.25, 0.3) is 11.1 Å². The van der Waals surface area contributed by atoms with E-state index in [1.807, 2.05) is 24.3 Å². The summed E-state index contributed by atoms with van der Waals surface area (Å²) in [5, 5.41) is 0. The molecule has 2 amide bonds. The van der Waals surface area contributed by atoms with Crippen molar-refractivity contribution in [2.45, 2.75) is 6.61 Å². The summed E-state index contributed by atoms with van der Waals surface area (Å²) in [6.45, 7) is 1.33. The third kappa shape index (κ3) is 3.70. The maximum absolute atomic E-state index is 12.3. The molecular formula is C19H20N2O4. The van der Waals surface area contributed by atoms with Gasteiger partial charge in [-0.05, 0) is 35.4 Å². The number of nitrogens with zero attached hydrogens (tertiary/aromatic N) is 1. The van der Waals surface area contributed by atoms with Crippen LogP contribution in [0.4, 0.5) is 5.69 Å². The van der Waals surface area contributed by atoms with E-state index in [0.29, 0.717) is 25.3 Å². The van der Waals surface area contributed by atoms with Crippen molar-refractivity contribution in [2.24, 2.45) is 5.73 Å². The van der Waals surface area contributed by atoms with Gasteiger partial charge in [0.05, 0.1) is 13.2 Å². The van der Waals surface area contributed by atoms with E-state index < -0.39 is 5.91 Å². The standard InChI is InChI=1S/C19H20N2O4/c1-24-8-7-21-17-6-5-14(10-16(17)11-25-12-18(21)22)13-3-2-4-15(9-13)19(20)23/h2-6,9-10H,7-8,11-12H2,1H3,(H2,20,23). The SMILES string of the molecule is COCCN1C(=O)COCc2cc(-c3cccc(C(N)=O)c3)ccc21. The van der Waals surface area contributed by atoms with E-state index in [4.69, 9.17) is 15.2 Å². The van der Waals surface area contributed by atoms with E-state index in [-0.39, 0.29) is 12.5 Å². The van der Waals surface area contributed by atoms with Crippen molar-refractivity contribution in [2.75, 3.05) is 31.8 Å². The van der Waals surface area contributed by atoms with Crippen LogP contribution in [-0.2, 0) is 20.9 Å². The molecule has 6 nitrogen and oxygen atoms in total. The van der Waals surface area contributed by atoms with E-state index in [1.165, 1.54) is 0 Å². The van der Waals surface area contributed by atoms with Gasteiger partial charge in [0, 0.05) is 30.5 Å². The van der Waals surface area contributed by atoms with Crippen molar-refractivity contribution in [3.05, 3.63) is 53.6 Å². The first-order valence-corrected chi connectivity index (χ1v) is 8.00. The maximum atomic E-state index is 12.3. The number of hydrogen-bond donors (Lipinski definition) is 1. The summed E-state index contributed by atoms with van der Waals surface area (Å²) in [5.41, 5.74) is 9.39. The largest absolute Gasteiger partial charge is 0.383 e. The molecule has 0 saturated heterocycles. The normalized spacial score (nSPS) is 14.1. The molecule has 0 atom stereocenters. The number of nitrogens with two attached hydrogens (primary N) is 1. The van der Waals surface area contributed by atoms with Crippen molar-refractivity contribution < 1.29 is 19.1 Å². The van der Waals surface area contributed by atoms with Crippen molar-refractivity contribution in [1.82, 2.24) is 0 Å². The van der Waals surface area contributed by atoms with Crippen LogP contribution in [0, 0.1) is 0 Å². The Kier molecular flexibility index (Phi) is 5.11. The van der Waals surface area contributed by atoms with Gasteiger partial charge in [-0.1, -0.05) is 18.2 Å². The first-order chi connectivity index (χ1) is 12.1. The molecule has 0 aromatic heterocycles. The van der Waals surface area contributed by atoms with Crippen LogP contribution < -0.4 is 10.6 Å². The quantitative estimate of drug-likeness (QED) is 0.902. The van der Waals surface area contributed by atoms with Gasteiger partial charge in [0.25, 0.3) is 5.91 Å². The molecule has 0 saturated carbocycles. The Morgan fingerprint density at radius 2 is 2.00 bits per heavy atom. The molecule has 2 N–H and O–H groups in total. The summed E-state index contributed by atoms with van der Waals surface area (Å²) in [6, 6.07) is 13.0. The lowest BCUT2D eigenvalue weighted by atomic mass is 9.99. The third-order valence-electron chi connectivity index (χ3n) is 4.15. The average molecular weight is 340 g/mol. The number of carbonyl (C=O) groups excluding carboxylic acids is 2. The first-order valence-electron chi connectivity index (χ1n) is 8.00. The van der Waals surface area contributed by atoms with Gasteiger partial charge in [0.15, 0.2) is 0 Å². The zero-order valence-electron chi connectivity index (χ0n) is 14.0. The molecule has 2 aromatic carbocycles. The monoisotopic (exact) mass is 340 g/mol. The Morgan fingerprint density at radius 3 is 2.76 bits per heavy atom. The lowest BCUT2D eigenvalue weighted by Crippen LogP contribution is -2.35. The molecule has 0 fully saturated rings. The van der Waals surface area contributed by atoms with Gasteiger partial charge in [0.2, 0.25) is 5.91 Å². The fraction of sp³-hybridized carbons (Fsp3) is 0.263. The highest BCUT2D eigenvalue weighted by atomic mass is 16.5. The molecule has 25 heavy (non-hydrogen) atoms. The highest BCUT2D eigenvalue weighted by Gasteiger charge is 2.22. The van der Waals surface area contributed by atoms with E-state index in [9.17, 15) is 9.59 Å². The number of carbonyl (C=O) groups is 2. The van der Waals surface area contributed by atoms with Gasteiger partial charge in [-0.25, -0.2) is 0 Å². The van der Waals surface area contributed by atoms with Crippen LogP contribution in [0.2, 0.25) is 0 Å². The van der Waals surface area contributed by atoms with Gasteiger partial charge in [-0.3, -0.25) is 9.59 Å². The fourth-order valence-corrected chi connectivity index (χ4v) is 2.88. The Hall–Kier alpha value is -2.70. The number of amides is 2. The minimum atomic E-state index is -0.462. The highest BCUT2D eigenvalue weighted by Crippen LogP contribution is 2.30. The van der Waals surface area contributed by atoms with E-state index in [2.05, 4.69) is 0 Å². The van der Waals surface area contributed by atoms with Crippen LogP contribution in [0.5, 0.6) is 0 Å². The lowest BCUT2D eigenvalue weighted by Gasteiger charge is -2.22. The van der Waals surface area contributed by atoms with Gasteiger partial charge < -0.3 is 20.1 Å². The van der Waals surface area contributed by atoms with Crippen molar-refractivity contribution in [1.29, 1.82) is 0 Å². The summed E-state index contributed by atoms with van der Waals surface area (Å²) in [7, 11) is 1.61. The van der Waals surface area contributed by atoms with Crippen LogP contribution in [0.3, 0.4) is 0 Å². The molecule has 1 aliphatic heterocycles. The molecule has 0 unspecified atom stereocenters. The second-order valence-corrected chi connectivity index (χ2v) is 5.82. The number of rotatable bonds is 5. The van der Waals surface area contributed by atoms with Gasteiger partial charge >= 0.3 is 0 Å². The average Bonchev–Trinajstić information content (AvgIpc) is 2.77. The van der Waals surface area contributed by atoms with E-state index in [0.717, 1.165) is 22.4 Å². The van der Waals surface area contributed by atoms with Crippen molar-refractivity contribution in [3.8, 4) is 11.1 Å². The number of ether oxygens (including phenoxy) is 2. The third-order valence-corrected chi connectivity index (χ3v) is 4.15. The molecule has 3 rings (SSSR count). The zero-order valence-corrected chi connectivity index (χ0v) is 14.0. The van der Waals surface area contributed by atoms with Gasteiger partial charge in [-0.15, -0.1) is 0 Å². The number of benzene rings is 2. The molecule has 2 aromatic rings. The molecular weight excluding hydrogens is 320 g/mol. The topological polar surface area (TPSA) is 81.9 Å². The molecule has 0 spiro atoms. The Labute approximate surface area is 146 Å². The highest BCUT2D eigenvalue weighted by molar-refractivity contribution is 5.96. The summed E-state index contributed by atoms with van der Waals surface area (Å²) >= 11 is 0. The molecule has 0 bridgehead atoms. The molecule has 1 heterocycles. The van der Waals surface area contributed by atoms with Crippen LogP contribution in [0.15, 0.2) is 42.5 Å². The summed E-state index contributed by atoms with van der Waals surface area (Å²) in [5.74, 6) is -0.546. The Balaban J connectivity index is 1.98. The summed E-state index contributed by atoms with van der Waals surface area (Å²) in [4.78, 5) is 25.3. The second kappa shape index (κ2) is 7.46. The number of methoxy groups -OCH3 is 1. The Morgan fingerprint density at radius 1 is 1.20 bits per heavy atom. The number of primary amides is 1. The fourth-order valence-electron chi connectivity index (χ4n) is 2.88. The maximum Gasteiger partial charge on any atom is 0.253 e. The summed E-state index contributed by atoms with van der Waals surface area (Å²) < 4.78 is 10.6. The van der Waals surface area contributed by atoms with E-state index in [1.54, 1.807) is 30.2 Å². The molecule has 6 heteroatoms.